The number of rotatable bonds is 6. The molecule has 0 aliphatic rings. The molecule has 0 aliphatic carbocycles. The maximum Gasteiger partial charge on any atom is 1.00 e. The molecule has 1 aromatic carbocycles. The number of benzene rings is 1. The van der Waals surface area contributed by atoms with Crippen LogP contribution in [0.5, 0.6) is 0 Å². The molecule has 0 bridgehead atoms. The second-order valence-electron chi connectivity index (χ2n) is 3.77. The Balaban J connectivity index is 0.00000324. The minimum Gasteiger partial charge on any atom is -0.550 e. The van der Waals surface area contributed by atoms with Gasteiger partial charge in [0.15, 0.2) is 5.78 Å². The number of carboxylic acid groups (broad SMARTS) is 1. The molecule has 96 valence electrons. The van der Waals surface area contributed by atoms with E-state index in [9.17, 15) is 19.5 Å². The zero-order chi connectivity index (χ0) is 13.5. The van der Waals surface area contributed by atoms with Crippen LogP contribution in [0.1, 0.15) is 36.5 Å². The average Bonchev–Trinajstić information content (AvgIpc) is 2.36. The Kier molecular flexibility index (Phi) is 8.30. The first-order valence-corrected chi connectivity index (χ1v) is 5.66. The molecule has 0 aromatic heterocycles. The normalized spacial score (nSPS) is 9.32. The minimum atomic E-state index is -1.26. The van der Waals surface area contributed by atoms with Crippen LogP contribution >= 0.6 is 0 Å². The van der Waals surface area contributed by atoms with Crippen LogP contribution in [0, 0.1) is 0 Å². The van der Waals surface area contributed by atoms with Crippen molar-refractivity contribution in [3.63, 3.8) is 0 Å². The van der Waals surface area contributed by atoms with Gasteiger partial charge in [-0.25, -0.2) is 0 Å². The van der Waals surface area contributed by atoms with E-state index in [0.717, 1.165) is 0 Å². The van der Waals surface area contributed by atoms with Crippen LogP contribution in [-0.2, 0) is 9.59 Å². The summed E-state index contributed by atoms with van der Waals surface area (Å²) in [4.78, 5) is 32.9. The monoisotopic (exact) mass is 271 g/mol. The van der Waals surface area contributed by atoms with E-state index in [0.29, 0.717) is 17.7 Å². The second-order valence-corrected chi connectivity index (χ2v) is 3.77. The van der Waals surface area contributed by atoms with Crippen molar-refractivity contribution < 1.29 is 49.0 Å². The van der Waals surface area contributed by atoms with Gasteiger partial charge in [0.25, 0.3) is 0 Å². The van der Waals surface area contributed by atoms with Crippen LogP contribution in [0.3, 0.4) is 0 Å². The molecule has 0 aliphatic heterocycles. The fourth-order valence-electron chi connectivity index (χ4n) is 1.38. The molecule has 1 amide bonds. The topological polar surface area (TPSA) is 86.3 Å². The van der Waals surface area contributed by atoms with Gasteiger partial charge in [-0.1, -0.05) is 6.92 Å². The third-order valence-corrected chi connectivity index (χ3v) is 2.37. The zero-order valence-electron chi connectivity index (χ0n) is 11.1. The third kappa shape index (κ3) is 6.52. The standard InChI is InChI=1S/C13H15NO4.Na/c1-2-11(15)9-3-5-10(6-4-9)14-12(16)7-8-13(17)18;/h3-6H,2,7-8H2,1H3,(H,14,16)(H,17,18);/q;+1/p-1. The van der Waals surface area contributed by atoms with E-state index in [1.807, 2.05) is 0 Å². The van der Waals surface area contributed by atoms with Crippen molar-refractivity contribution in [3.8, 4) is 0 Å². The Morgan fingerprint density at radius 2 is 1.68 bits per heavy atom. The van der Waals surface area contributed by atoms with Crippen molar-refractivity contribution in [2.24, 2.45) is 0 Å². The van der Waals surface area contributed by atoms with E-state index in [4.69, 9.17) is 0 Å². The van der Waals surface area contributed by atoms with Gasteiger partial charge >= 0.3 is 29.6 Å². The SMILES string of the molecule is CCC(=O)c1ccc(NC(=O)CCC(=O)[O-])cc1.[Na+]. The fourth-order valence-corrected chi connectivity index (χ4v) is 1.38. The van der Waals surface area contributed by atoms with E-state index in [-0.39, 0.29) is 48.2 Å². The van der Waals surface area contributed by atoms with Gasteiger partial charge in [-0.05, 0) is 30.7 Å². The Morgan fingerprint density at radius 3 is 2.16 bits per heavy atom. The molecular weight excluding hydrogens is 257 g/mol. The summed E-state index contributed by atoms with van der Waals surface area (Å²) < 4.78 is 0. The molecule has 5 nitrogen and oxygen atoms in total. The van der Waals surface area contributed by atoms with Crippen LogP contribution in [0.4, 0.5) is 5.69 Å². The third-order valence-electron chi connectivity index (χ3n) is 2.37. The van der Waals surface area contributed by atoms with E-state index in [1.165, 1.54) is 0 Å². The summed E-state index contributed by atoms with van der Waals surface area (Å²) >= 11 is 0. The van der Waals surface area contributed by atoms with E-state index in [2.05, 4.69) is 5.32 Å². The van der Waals surface area contributed by atoms with Gasteiger partial charge in [0.2, 0.25) is 5.91 Å². The van der Waals surface area contributed by atoms with Crippen LogP contribution in [0.15, 0.2) is 24.3 Å². The molecule has 0 unspecified atom stereocenters. The number of amides is 1. The average molecular weight is 271 g/mol. The molecule has 0 saturated carbocycles. The molecule has 1 N–H and O–H groups in total. The van der Waals surface area contributed by atoms with Gasteiger partial charge in [-0.3, -0.25) is 9.59 Å². The molecule has 1 rings (SSSR count). The van der Waals surface area contributed by atoms with Gasteiger partial charge in [-0.2, -0.15) is 0 Å². The Labute approximate surface area is 133 Å². The number of nitrogens with one attached hydrogen (secondary N) is 1. The van der Waals surface area contributed by atoms with Gasteiger partial charge in [-0.15, -0.1) is 0 Å². The number of hydrogen-bond acceptors (Lipinski definition) is 4. The second kappa shape index (κ2) is 8.85. The summed E-state index contributed by atoms with van der Waals surface area (Å²) in [5.41, 5.74) is 1.12. The first kappa shape index (κ1) is 17.8. The summed E-state index contributed by atoms with van der Waals surface area (Å²) in [6.45, 7) is 1.78. The molecule has 0 fully saturated rings. The van der Waals surface area contributed by atoms with Crippen molar-refractivity contribution in [1.29, 1.82) is 0 Å². The minimum absolute atomic E-state index is 0. The summed E-state index contributed by atoms with van der Waals surface area (Å²) in [5, 5.41) is 12.7. The summed E-state index contributed by atoms with van der Waals surface area (Å²) in [6, 6.07) is 6.47. The van der Waals surface area contributed by atoms with Crippen molar-refractivity contribution in [2.75, 3.05) is 5.32 Å². The maximum atomic E-state index is 11.4. The quantitative estimate of drug-likeness (QED) is 0.468. The van der Waals surface area contributed by atoms with Gasteiger partial charge in [0.1, 0.15) is 0 Å². The van der Waals surface area contributed by atoms with Gasteiger partial charge in [0.05, 0.1) is 0 Å². The van der Waals surface area contributed by atoms with Crippen molar-refractivity contribution in [1.82, 2.24) is 0 Å². The number of hydrogen-bond donors (Lipinski definition) is 1. The van der Waals surface area contributed by atoms with Crippen LogP contribution < -0.4 is 40.0 Å². The van der Waals surface area contributed by atoms with Crippen LogP contribution in [0.2, 0.25) is 0 Å². The number of ketones is 1. The molecule has 0 heterocycles. The molecule has 0 spiro atoms. The smallest absolute Gasteiger partial charge is 0.550 e. The van der Waals surface area contributed by atoms with Crippen molar-refractivity contribution >= 4 is 23.3 Å². The Bertz CT molecular complexity index is 456. The van der Waals surface area contributed by atoms with Crippen molar-refractivity contribution in [3.05, 3.63) is 29.8 Å². The zero-order valence-corrected chi connectivity index (χ0v) is 13.1. The maximum absolute atomic E-state index is 11.4. The molecular formula is C13H14NNaO4. The van der Waals surface area contributed by atoms with Gasteiger partial charge < -0.3 is 15.2 Å². The van der Waals surface area contributed by atoms with E-state index >= 15 is 0 Å². The predicted molar refractivity (Wildman–Crippen MR) is 63.9 cm³/mol. The number of aliphatic carboxylic acids is 1. The number of Topliss-reactive ketones (excluding diaryl/α,β-unsaturated/α-hetero) is 1. The number of carbonyl (C=O) groups excluding carboxylic acids is 3. The number of anilines is 1. The Hall–Kier alpha value is -1.17. The molecule has 0 saturated heterocycles. The summed E-state index contributed by atoms with van der Waals surface area (Å²) in [7, 11) is 0. The van der Waals surface area contributed by atoms with Crippen LogP contribution in [-0.4, -0.2) is 17.7 Å². The largest absolute Gasteiger partial charge is 1.00 e. The first-order valence-electron chi connectivity index (χ1n) is 5.66. The van der Waals surface area contributed by atoms with Crippen LogP contribution in [0.25, 0.3) is 0 Å². The molecule has 6 heteroatoms. The summed E-state index contributed by atoms with van der Waals surface area (Å²) in [5.74, 6) is -1.62. The molecule has 1 aromatic rings. The Morgan fingerprint density at radius 1 is 1.11 bits per heavy atom. The van der Waals surface area contributed by atoms with E-state index < -0.39 is 11.9 Å². The number of carbonyl (C=O) groups is 3. The predicted octanol–water partition coefficient (Wildman–Crippen LogP) is -2.25. The fraction of sp³-hybridized carbons (Fsp3) is 0.308. The van der Waals surface area contributed by atoms with Gasteiger partial charge in [0, 0.05) is 30.1 Å². The van der Waals surface area contributed by atoms with E-state index in [1.54, 1.807) is 31.2 Å². The number of carboxylic acids is 1. The molecule has 19 heavy (non-hydrogen) atoms. The first-order chi connectivity index (χ1) is 8.52. The molecule has 0 radical (unpaired) electrons. The molecule has 0 atom stereocenters. The van der Waals surface area contributed by atoms with Crippen molar-refractivity contribution in [2.45, 2.75) is 26.2 Å². The summed E-state index contributed by atoms with van der Waals surface area (Å²) in [6.07, 6.45) is -0.00642.